The molecule has 6 nitrogen and oxygen atoms in total. The van der Waals surface area contributed by atoms with Gasteiger partial charge in [-0.15, -0.1) is 11.3 Å². The van der Waals surface area contributed by atoms with Crippen LogP contribution in [0.25, 0.3) is 0 Å². The highest BCUT2D eigenvalue weighted by molar-refractivity contribution is 7.93. The van der Waals surface area contributed by atoms with Gasteiger partial charge in [0.2, 0.25) is 0 Å². The van der Waals surface area contributed by atoms with Crippen LogP contribution in [0.3, 0.4) is 0 Å². The summed E-state index contributed by atoms with van der Waals surface area (Å²) in [6, 6.07) is 7.57. The molecule has 1 aromatic heterocycles. The molecule has 2 aromatic rings. The molecular formula is C14H13NO5S2. The first-order chi connectivity index (χ1) is 10.4. The van der Waals surface area contributed by atoms with Gasteiger partial charge >= 0.3 is 5.97 Å². The van der Waals surface area contributed by atoms with Crippen LogP contribution in [-0.2, 0) is 14.8 Å². The van der Waals surface area contributed by atoms with Crippen molar-refractivity contribution < 1.29 is 22.7 Å². The van der Waals surface area contributed by atoms with E-state index in [0.717, 1.165) is 11.3 Å². The quantitative estimate of drug-likeness (QED) is 0.668. The Bertz CT molecular complexity index is 823. The Morgan fingerprint density at radius 3 is 2.50 bits per heavy atom. The van der Waals surface area contributed by atoms with Crippen LogP contribution >= 0.6 is 11.3 Å². The average molecular weight is 339 g/mol. The third-order valence-corrected chi connectivity index (χ3v) is 5.27. The lowest BCUT2D eigenvalue weighted by Gasteiger charge is -2.11. The summed E-state index contributed by atoms with van der Waals surface area (Å²) in [7, 11) is -2.83. The maximum Gasteiger partial charge on any atom is 0.349 e. The van der Waals surface area contributed by atoms with E-state index in [2.05, 4.69) is 9.46 Å². The Hall–Kier alpha value is -2.19. The van der Waals surface area contributed by atoms with Crippen molar-refractivity contribution in [1.29, 1.82) is 0 Å². The number of carbonyl (C=O) groups is 2. The maximum atomic E-state index is 12.5. The van der Waals surface area contributed by atoms with E-state index in [1.165, 1.54) is 37.6 Å². The molecule has 8 heteroatoms. The van der Waals surface area contributed by atoms with Crippen LogP contribution in [0.5, 0.6) is 0 Å². The molecule has 0 saturated heterocycles. The summed E-state index contributed by atoms with van der Waals surface area (Å²) in [6.07, 6.45) is 0. The fraction of sp³-hybridized carbons (Fsp3) is 0.143. The van der Waals surface area contributed by atoms with Crippen molar-refractivity contribution in [3.05, 3.63) is 46.2 Å². The van der Waals surface area contributed by atoms with Crippen molar-refractivity contribution in [2.75, 3.05) is 11.8 Å². The molecule has 1 N–H and O–H groups in total. The first kappa shape index (κ1) is 16.2. The van der Waals surface area contributed by atoms with E-state index in [4.69, 9.17) is 0 Å². The summed E-state index contributed by atoms with van der Waals surface area (Å²) < 4.78 is 31.8. The minimum absolute atomic E-state index is 0.0182. The summed E-state index contributed by atoms with van der Waals surface area (Å²) in [5.41, 5.74) is 0.415. The Kier molecular flexibility index (Phi) is 4.62. The summed E-state index contributed by atoms with van der Waals surface area (Å²) in [4.78, 5) is 23.0. The summed E-state index contributed by atoms with van der Waals surface area (Å²) in [5, 5.41) is 1.48. The van der Waals surface area contributed by atoms with Crippen LogP contribution in [0, 0.1) is 0 Å². The third kappa shape index (κ3) is 3.18. The predicted molar refractivity (Wildman–Crippen MR) is 82.9 cm³/mol. The molecule has 2 rings (SSSR count). The number of anilines is 1. The zero-order valence-electron chi connectivity index (χ0n) is 11.8. The van der Waals surface area contributed by atoms with Gasteiger partial charge in [0.25, 0.3) is 10.0 Å². The second kappa shape index (κ2) is 6.29. The van der Waals surface area contributed by atoms with Gasteiger partial charge in [-0.25, -0.2) is 13.2 Å². The molecule has 1 aromatic carbocycles. The molecule has 0 atom stereocenters. The number of benzene rings is 1. The van der Waals surface area contributed by atoms with Crippen LogP contribution in [0.2, 0.25) is 0 Å². The fourth-order valence-corrected chi connectivity index (χ4v) is 4.25. The van der Waals surface area contributed by atoms with Gasteiger partial charge in [0.1, 0.15) is 9.77 Å². The van der Waals surface area contributed by atoms with E-state index >= 15 is 0 Å². The summed E-state index contributed by atoms with van der Waals surface area (Å²) >= 11 is 0.970. The zero-order valence-corrected chi connectivity index (χ0v) is 13.5. The summed E-state index contributed by atoms with van der Waals surface area (Å²) in [5.74, 6) is -0.993. The van der Waals surface area contributed by atoms with Gasteiger partial charge in [-0.2, -0.15) is 0 Å². The highest BCUT2D eigenvalue weighted by Gasteiger charge is 2.25. The molecule has 0 fully saturated rings. The van der Waals surface area contributed by atoms with Crippen LogP contribution in [-0.4, -0.2) is 27.3 Å². The number of sulfonamides is 1. The van der Waals surface area contributed by atoms with E-state index in [-0.39, 0.29) is 26.8 Å². The summed E-state index contributed by atoms with van der Waals surface area (Å²) in [6.45, 7) is 1.34. The number of thiophene rings is 1. The number of ketones is 1. The minimum atomic E-state index is -4.00. The molecule has 0 aliphatic rings. The van der Waals surface area contributed by atoms with Crippen LogP contribution in [0.15, 0.2) is 40.6 Å². The van der Waals surface area contributed by atoms with Crippen molar-refractivity contribution in [2.45, 2.75) is 11.8 Å². The molecule has 1 heterocycles. The van der Waals surface area contributed by atoms with Crippen LogP contribution in [0.4, 0.5) is 5.69 Å². The van der Waals surface area contributed by atoms with Crippen molar-refractivity contribution >= 4 is 38.8 Å². The molecule has 0 aliphatic heterocycles. The number of rotatable bonds is 5. The predicted octanol–water partition coefficient (Wildman–Crippen LogP) is 2.54. The molecule has 116 valence electrons. The number of hydrogen-bond acceptors (Lipinski definition) is 6. The highest BCUT2D eigenvalue weighted by atomic mass is 32.2. The lowest BCUT2D eigenvalue weighted by molar-refractivity contribution is 0.0602. The smallest absolute Gasteiger partial charge is 0.349 e. The first-order valence-corrected chi connectivity index (χ1v) is 8.51. The van der Waals surface area contributed by atoms with Gasteiger partial charge in [0.05, 0.1) is 12.8 Å². The zero-order chi connectivity index (χ0) is 16.3. The number of nitrogens with one attached hydrogen (secondary N) is 1. The number of para-hydroxylation sites is 1. The van der Waals surface area contributed by atoms with E-state index < -0.39 is 16.0 Å². The number of methoxy groups -OCH3 is 1. The molecule has 0 saturated carbocycles. The minimum Gasteiger partial charge on any atom is -0.465 e. The highest BCUT2D eigenvalue weighted by Crippen LogP contribution is 2.26. The monoisotopic (exact) mass is 339 g/mol. The normalized spacial score (nSPS) is 11.0. The second-order valence-corrected chi connectivity index (χ2v) is 6.88. The lowest BCUT2D eigenvalue weighted by atomic mass is 10.1. The second-order valence-electron chi connectivity index (χ2n) is 4.31. The fourth-order valence-electron chi connectivity index (χ4n) is 1.83. The first-order valence-electron chi connectivity index (χ1n) is 6.15. The molecule has 0 bridgehead atoms. The molecule has 0 amide bonds. The largest absolute Gasteiger partial charge is 0.465 e. The Labute approximate surface area is 131 Å². The van der Waals surface area contributed by atoms with Gasteiger partial charge in [0, 0.05) is 5.56 Å². The SMILES string of the molecule is COC(=O)c1sccc1S(=O)(=O)Nc1ccccc1C(C)=O. The molecule has 0 aliphatic carbocycles. The molecule has 0 spiro atoms. The van der Waals surface area contributed by atoms with Crippen molar-refractivity contribution in [3.63, 3.8) is 0 Å². The number of hydrogen-bond donors (Lipinski definition) is 1. The molecule has 0 radical (unpaired) electrons. The van der Waals surface area contributed by atoms with Crippen molar-refractivity contribution in [2.24, 2.45) is 0 Å². The standard InChI is InChI=1S/C14H13NO5S2/c1-9(16)10-5-3-4-6-11(10)15-22(18,19)12-7-8-21-13(12)14(17)20-2/h3-8,15H,1-2H3. The average Bonchev–Trinajstić information content (AvgIpc) is 2.96. The molecular weight excluding hydrogens is 326 g/mol. The number of ether oxygens (including phenoxy) is 1. The van der Waals surface area contributed by atoms with Gasteiger partial charge in [0.15, 0.2) is 5.78 Å². The topological polar surface area (TPSA) is 89.5 Å². The van der Waals surface area contributed by atoms with E-state index in [1.807, 2.05) is 0 Å². The van der Waals surface area contributed by atoms with Crippen LogP contribution in [0.1, 0.15) is 27.0 Å². The number of carbonyl (C=O) groups excluding carboxylic acids is 2. The Morgan fingerprint density at radius 1 is 1.18 bits per heavy atom. The Balaban J connectivity index is 2.44. The number of esters is 1. The van der Waals surface area contributed by atoms with Gasteiger partial charge in [-0.3, -0.25) is 9.52 Å². The van der Waals surface area contributed by atoms with Crippen LogP contribution < -0.4 is 4.72 Å². The van der Waals surface area contributed by atoms with Crippen molar-refractivity contribution in [1.82, 2.24) is 0 Å². The molecule has 0 unspecified atom stereocenters. The van der Waals surface area contributed by atoms with Crippen molar-refractivity contribution in [3.8, 4) is 0 Å². The van der Waals surface area contributed by atoms with E-state index in [9.17, 15) is 18.0 Å². The number of Topliss-reactive ketones (excluding diaryl/α,β-unsaturated/α-hetero) is 1. The van der Waals surface area contributed by atoms with E-state index in [1.54, 1.807) is 12.1 Å². The van der Waals surface area contributed by atoms with Gasteiger partial charge < -0.3 is 4.74 Å². The van der Waals surface area contributed by atoms with E-state index in [0.29, 0.717) is 0 Å². The molecule has 22 heavy (non-hydrogen) atoms. The lowest BCUT2D eigenvalue weighted by Crippen LogP contribution is -2.17. The van der Waals surface area contributed by atoms with Gasteiger partial charge in [-0.1, -0.05) is 12.1 Å². The Morgan fingerprint density at radius 2 is 1.86 bits per heavy atom. The third-order valence-electron chi connectivity index (χ3n) is 2.84. The maximum absolute atomic E-state index is 12.5. The van der Waals surface area contributed by atoms with Gasteiger partial charge in [-0.05, 0) is 30.5 Å².